The summed E-state index contributed by atoms with van der Waals surface area (Å²) >= 11 is 5.11. The molecule has 0 bridgehead atoms. The molecular formula is C4H6ClO3P. The van der Waals surface area contributed by atoms with Gasteiger partial charge in [0.25, 0.3) is 0 Å². The minimum atomic E-state index is -3.46. The molecule has 0 aromatic heterocycles. The third-order valence-electron chi connectivity index (χ3n) is 0.401. The van der Waals surface area contributed by atoms with Crippen molar-refractivity contribution >= 4 is 18.2 Å². The molecule has 0 heterocycles. The van der Waals surface area contributed by atoms with Crippen LogP contribution in [0.15, 0.2) is 25.7 Å². The maximum atomic E-state index is 10.6. The molecule has 0 aliphatic rings. The second kappa shape index (κ2) is 3.59. The highest BCUT2D eigenvalue weighted by molar-refractivity contribution is 7.81. The van der Waals surface area contributed by atoms with Gasteiger partial charge in [-0.3, -0.25) is 0 Å². The van der Waals surface area contributed by atoms with Crippen molar-refractivity contribution in [2.75, 3.05) is 0 Å². The van der Waals surface area contributed by atoms with Crippen LogP contribution in [0.2, 0.25) is 0 Å². The van der Waals surface area contributed by atoms with Crippen molar-refractivity contribution in [3.63, 3.8) is 0 Å². The van der Waals surface area contributed by atoms with Gasteiger partial charge < -0.3 is 9.05 Å². The summed E-state index contributed by atoms with van der Waals surface area (Å²) in [5, 5.41) is 0. The van der Waals surface area contributed by atoms with Crippen molar-refractivity contribution in [3.8, 4) is 0 Å². The zero-order chi connectivity index (χ0) is 7.33. The Morgan fingerprint density at radius 3 is 1.89 bits per heavy atom. The molecule has 0 aliphatic carbocycles. The highest BCUT2D eigenvalue weighted by Gasteiger charge is 2.18. The molecule has 0 atom stereocenters. The van der Waals surface area contributed by atoms with Gasteiger partial charge in [-0.05, 0) is 0 Å². The van der Waals surface area contributed by atoms with E-state index in [0.717, 1.165) is 12.5 Å². The first-order valence-corrected chi connectivity index (χ1v) is 4.45. The van der Waals surface area contributed by atoms with Crippen LogP contribution < -0.4 is 0 Å². The van der Waals surface area contributed by atoms with Crippen molar-refractivity contribution in [1.29, 1.82) is 0 Å². The molecule has 0 spiro atoms. The second-order valence-corrected chi connectivity index (χ2v) is 3.50. The second-order valence-electron chi connectivity index (χ2n) is 0.975. The zero-order valence-electron chi connectivity index (χ0n) is 4.62. The van der Waals surface area contributed by atoms with Crippen molar-refractivity contribution in [3.05, 3.63) is 25.7 Å². The van der Waals surface area contributed by atoms with Gasteiger partial charge in [-0.25, -0.2) is 4.57 Å². The Kier molecular flexibility index (Phi) is 3.43. The van der Waals surface area contributed by atoms with Gasteiger partial charge in [0.15, 0.2) is 0 Å². The average Bonchev–Trinajstić information content (AvgIpc) is 1.64. The van der Waals surface area contributed by atoms with Gasteiger partial charge in [-0.15, -0.1) is 0 Å². The molecule has 0 N–H and O–H groups in total. The van der Waals surface area contributed by atoms with Crippen LogP contribution in [0, 0.1) is 0 Å². The van der Waals surface area contributed by atoms with Crippen LogP contribution in [-0.4, -0.2) is 0 Å². The summed E-state index contributed by atoms with van der Waals surface area (Å²) in [4.78, 5) is 0. The van der Waals surface area contributed by atoms with E-state index < -0.39 is 6.95 Å². The van der Waals surface area contributed by atoms with Gasteiger partial charge in [0.2, 0.25) is 0 Å². The Morgan fingerprint density at radius 1 is 1.33 bits per heavy atom. The van der Waals surface area contributed by atoms with Crippen LogP contribution >= 0.6 is 18.2 Å². The lowest BCUT2D eigenvalue weighted by atomic mass is 11.2. The monoisotopic (exact) mass is 168 g/mol. The van der Waals surface area contributed by atoms with Crippen LogP contribution in [0.3, 0.4) is 0 Å². The van der Waals surface area contributed by atoms with E-state index >= 15 is 0 Å². The molecule has 0 radical (unpaired) electrons. The molecule has 3 nitrogen and oxygen atoms in total. The minimum absolute atomic E-state index is 0.942. The molecule has 52 valence electrons. The van der Waals surface area contributed by atoms with E-state index in [1.807, 2.05) is 0 Å². The zero-order valence-corrected chi connectivity index (χ0v) is 6.27. The molecule has 0 fully saturated rings. The van der Waals surface area contributed by atoms with Crippen molar-refractivity contribution < 1.29 is 13.6 Å². The third-order valence-corrected chi connectivity index (χ3v) is 1.68. The van der Waals surface area contributed by atoms with Crippen LogP contribution in [0.25, 0.3) is 0 Å². The molecule has 0 unspecified atom stereocenters. The van der Waals surface area contributed by atoms with E-state index in [9.17, 15) is 4.57 Å². The lowest BCUT2D eigenvalue weighted by Crippen LogP contribution is -1.74. The fraction of sp³-hybridized carbons (Fsp3) is 0. The number of rotatable bonds is 4. The molecule has 0 saturated carbocycles. The van der Waals surface area contributed by atoms with E-state index in [2.05, 4.69) is 22.2 Å². The third kappa shape index (κ3) is 4.13. The Labute approximate surface area is 58.2 Å². The topological polar surface area (TPSA) is 35.5 Å². The average molecular weight is 169 g/mol. The lowest BCUT2D eigenvalue weighted by Gasteiger charge is -2.04. The normalized spacial score (nSPS) is 9.89. The van der Waals surface area contributed by atoms with Crippen LogP contribution in [0.1, 0.15) is 0 Å². The summed E-state index contributed by atoms with van der Waals surface area (Å²) in [5.74, 6) is 0. The summed E-state index contributed by atoms with van der Waals surface area (Å²) in [5.41, 5.74) is 0. The first kappa shape index (κ1) is 8.60. The highest BCUT2D eigenvalue weighted by atomic mass is 35.7. The largest absolute Gasteiger partial charge is 0.529 e. The molecular weight excluding hydrogens is 162 g/mol. The highest BCUT2D eigenvalue weighted by Crippen LogP contribution is 2.53. The van der Waals surface area contributed by atoms with E-state index in [0.29, 0.717) is 0 Å². The van der Waals surface area contributed by atoms with Gasteiger partial charge in [0.1, 0.15) is 0 Å². The summed E-state index contributed by atoms with van der Waals surface area (Å²) < 4.78 is 19.1. The Hall–Kier alpha value is -0.400. The molecule has 0 rings (SSSR count). The Balaban J connectivity index is 3.85. The number of halogens is 1. The predicted molar refractivity (Wildman–Crippen MR) is 36.0 cm³/mol. The number of hydrogen-bond acceptors (Lipinski definition) is 3. The van der Waals surface area contributed by atoms with Gasteiger partial charge in [0, 0.05) is 11.2 Å². The van der Waals surface area contributed by atoms with Crippen molar-refractivity contribution in [2.24, 2.45) is 0 Å². The standard InChI is InChI=1S/C4H6ClO3P/c1-3-7-9(5,6)8-4-2/h3-4H,1-2H2. The first-order chi connectivity index (χ1) is 4.12. The molecule has 0 aromatic rings. The Bertz CT molecular complexity index is 142. The fourth-order valence-corrected chi connectivity index (χ4v) is 0.947. The molecule has 0 amide bonds. The maximum Gasteiger partial charge on any atom is 0.529 e. The van der Waals surface area contributed by atoms with Crippen LogP contribution in [0.4, 0.5) is 0 Å². The van der Waals surface area contributed by atoms with Crippen molar-refractivity contribution in [2.45, 2.75) is 0 Å². The lowest BCUT2D eigenvalue weighted by molar-refractivity contribution is 0.348. The van der Waals surface area contributed by atoms with E-state index in [1.165, 1.54) is 0 Å². The van der Waals surface area contributed by atoms with E-state index in [4.69, 9.17) is 11.2 Å². The first-order valence-electron chi connectivity index (χ1n) is 2.00. The summed E-state index contributed by atoms with van der Waals surface area (Å²) in [7, 11) is 0. The molecule has 9 heavy (non-hydrogen) atoms. The summed E-state index contributed by atoms with van der Waals surface area (Å²) in [6, 6.07) is 0. The molecule has 5 heteroatoms. The van der Waals surface area contributed by atoms with Crippen molar-refractivity contribution in [1.82, 2.24) is 0 Å². The fourth-order valence-electron chi connectivity index (χ4n) is 0.203. The van der Waals surface area contributed by atoms with Crippen LogP contribution in [-0.2, 0) is 13.6 Å². The van der Waals surface area contributed by atoms with Gasteiger partial charge in [-0.2, -0.15) is 0 Å². The molecule has 0 saturated heterocycles. The van der Waals surface area contributed by atoms with Crippen LogP contribution in [0.5, 0.6) is 0 Å². The van der Waals surface area contributed by atoms with Gasteiger partial charge >= 0.3 is 6.95 Å². The minimum Gasteiger partial charge on any atom is -0.413 e. The SMILES string of the molecule is C=COP(=O)(Cl)OC=C. The van der Waals surface area contributed by atoms with Gasteiger partial charge in [-0.1, -0.05) is 13.2 Å². The quantitative estimate of drug-likeness (QED) is 0.478. The van der Waals surface area contributed by atoms with E-state index in [1.54, 1.807) is 0 Å². The maximum absolute atomic E-state index is 10.6. The molecule has 0 aromatic carbocycles. The van der Waals surface area contributed by atoms with E-state index in [-0.39, 0.29) is 0 Å². The predicted octanol–water partition coefficient (Wildman–Crippen LogP) is 2.65. The van der Waals surface area contributed by atoms with Gasteiger partial charge in [0.05, 0.1) is 12.5 Å². The molecule has 0 aliphatic heterocycles. The summed E-state index contributed by atoms with van der Waals surface area (Å²) in [6.45, 7) is 2.81. The summed E-state index contributed by atoms with van der Waals surface area (Å²) in [6.07, 6.45) is 1.88. The smallest absolute Gasteiger partial charge is 0.413 e. The Morgan fingerprint density at radius 2 is 1.67 bits per heavy atom. The number of hydrogen-bond donors (Lipinski definition) is 0.